The highest BCUT2D eigenvalue weighted by Crippen LogP contribution is 2.26. The normalized spacial score (nSPS) is 19.4. The first-order valence-corrected chi connectivity index (χ1v) is 6.78. The van der Waals surface area contributed by atoms with Crippen molar-refractivity contribution < 1.29 is 13.5 Å². The van der Waals surface area contributed by atoms with Crippen molar-refractivity contribution in [3.8, 4) is 0 Å². The number of benzene rings is 1. The fourth-order valence-electron chi connectivity index (χ4n) is 2.56. The topological polar surface area (TPSA) is 67.3 Å². The molecule has 2 aromatic rings. The molecule has 0 amide bonds. The first-order chi connectivity index (χ1) is 9.65. The second kappa shape index (κ2) is 5.28. The molecule has 2 N–H and O–H groups in total. The number of fused-ring (bicyclic) bond motifs is 1. The Balaban J connectivity index is 1.83. The molecular weight excluding hydrogens is 263 g/mol. The van der Waals surface area contributed by atoms with Gasteiger partial charge in [0.2, 0.25) is 0 Å². The highest BCUT2D eigenvalue weighted by Gasteiger charge is 2.17. The maximum absolute atomic E-state index is 14.1. The zero-order valence-electron chi connectivity index (χ0n) is 11.3. The van der Waals surface area contributed by atoms with Crippen molar-refractivity contribution in [3.05, 3.63) is 28.0 Å². The third-order valence-corrected chi connectivity index (χ3v) is 3.74. The highest BCUT2D eigenvalue weighted by atomic mass is 19.1. The molecule has 3 rings (SSSR count). The van der Waals surface area contributed by atoms with E-state index in [0.29, 0.717) is 17.2 Å². The van der Waals surface area contributed by atoms with Gasteiger partial charge in [-0.15, -0.1) is 0 Å². The largest absolute Gasteiger partial charge is 0.417 e. The number of rotatable bonds is 3. The van der Waals surface area contributed by atoms with Gasteiger partial charge in [-0.05, 0) is 25.7 Å². The fourth-order valence-corrected chi connectivity index (χ4v) is 2.56. The van der Waals surface area contributed by atoms with E-state index in [1.54, 1.807) is 13.0 Å². The van der Waals surface area contributed by atoms with Gasteiger partial charge in [0.1, 0.15) is 5.52 Å². The molecule has 1 atom stereocenters. The molecule has 6 heteroatoms. The van der Waals surface area contributed by atoms with E-state index in [1.165, 1.54) is 0 Å². The molecule has 1 aliphatic heterocycles. The summed E-state index contributed by atoms with van der Waals surface area (Å²) in [6.45, 7) is 3.96. The molecule has 1 fully saturated rings. The van der Waals surface area contributed by atoms with Crippen LogP contribution in [-0.2, 0) is 4.74 Å². The van der Waals surface area contributed by atoms with E-state index < -0.39 is 11.6 Å². The van der Waals surface area contributed by atoms with Crippen molar-refractivity contribution in [3.63, 3.8) is 0 Å². The quantitative estimate of drug-likeness (QED) is 0.906. The molecule has 0 radical (unpaired) electrons. The van der Waals surface area contributed by atoms with Crippen molar-refractivity contribution in [1.29, 1.82) is 0 Å². The van der Waals surface area contributed by atoms with E-state index in [2.05, 4.69) is 10.3 Å². The summed E-state index contributed by atoms with van der Waals surface area (Å²) < 4.78 is 24.5. The third-order valence-electron chi connectivity index (χ3n) is 3.74. The molecule has 0 aliphatic carbocycles. The molecule has 1 aromatic heterocycles. The maximum atomic E-state index is 14.1. The molecular formula is C14H17FN2O3. The predicted molar refractivity (Wildman–Crippen MR) is 73.6 cm³/mol. The van der Waals surface area contributed by atoms with Crippen LogP contribution in [0, 0.1) is 18.7 Å². The Hall–Kier alpha value is -1.82. The minimum Gasteiger partial charge on any atom is -0.408 e. The van der Waals surface area contributed by atoms with Crippen LogP contribution in [0.4, 0.5) is 10.1 Å². The zero-order chi connectivity index (χ0) is 14.1. The van der Waals surface area contributed by atoms with Crippen molar-refractivity contribution in [1.82, 2.24) is 4.98 Å². The number of oxazole rings is 1. The Morgan fingerprint density at radius 1 is 1.55 bits per heavy atom. The van der Waals surface area contributed by atoms with Gasteiger partial charge in [0, 0.05) is 30.5 Å². The summed E-state index contributed by atoms with van der Waals surface area (Å²) in [6, 6.07) is 1.66. The van der Waals surface area contributed by atoms with Gasteiger partial charge in [0.05, 0.1) is 6.61 Å². The van der Waals surface area contributed by atoms with Crippen LogP contribution >= 0.6 is 0 Å². The van der Waals surface area contributed by atoms with Gasteiger partial charge in [-0.1, -0.05) is 0 Å². The lowest BCUT2D eigenvalue weighted by Gasteiger charge is -2.23. The second-order valence-corrected chi connectivity index (χ2v) is 5.21. The van der Waals surface area contributed by atoms with Gasteiger partial charge in [-0.25, -0.2) is 9.18 Å². The average molecular weight is 280 g/mol. The summed E-state index contributed by atoms with van der Waals surface area (Å²) in [5.41, 5.74) is 1.49. The van der Waals surface area contributed by atoms with Crippen molar-refractivity contribution in [2.45, 2.75) is 19.8 Å². The lowest BCUT2D eigenvalue weighted by Crippen LogP contribution is -2.24. The lowest BCUT2D eigenvalue weighted by atomic mass is 10.0. The smallest absolute Gasteiger partial charge is 0.408 e. The number of aromatic nitrogens is 1. The van der Waals surface area contributed by atoms with Crippen molar-refractivity contribution in [2.24, 2.45) is 5.92 Å². The first-order valence-electron chi connectivity index (χ1n) is 6.78. The second-order valence-electron chi connectivity index (χ2n) is 5.21. The Labute approximate surface area is 115 Å². The van der Waals surface area contributed by atoms with Crippen LogP contribution in [0.2, 0.25) is 0 Å². The number of halogens is 1. The molecule has 0 spiro atoms. The van der Waals surface area contributed by atoms with E-state index in [1.807, 2.05) is 0 Å². The molecule has 0 bridgehead atoms. The van der Waals surface area contributed by atoms with Crippen LogP contribution in [0.25, 0.3) is 11.1 Å². The van der Waals surface area contributed by atoms with E-state index >= 15 is 0 Å². The number of H-pyrrole nitrogens is 1. The van der Waals surface area contributed by atoms with Crippen LogP contribution in [0.5, 0.6) is 0 Å². The molecule has 1 aromatic carbocycles. The van der Waals surface area contributed by atoms with Gasteiger partial charge < -0.3 is 14.5 Å². The minimum absolute atomic E-state index is 0.124. The summed E-state index contributed by atoms with van der Waals surface area (Å²) in [5, 5.41) is 3.23. The number of hydrogen-bond acceptors (Lipinski definition) is 4. The molecule has 20 heavy (non-hydrogen) atoms. The Morgan fingerprint density at radius 3 is 3.15 bits per heavy atom. The molecule has 1 unspecified atom stereocenters. The molecule has 1 aliphatic rings. The third kappa shape index (κ3) is 2.43. The summed E-state index contributed by atoms with van der Waals surface area (Å²) in [7, 11) is 0. The molecule has 108 valence electrons. The summed E-state index contributed by atoms with van der Waals surface area (Å²) >= 11 is 0. The van der Waals surface area contributed by atoms with Gasteiger partial charge in [-0.3, -0.25) is 4.98 Å². The molecule has 1 saturated heterocycles. The number of hydrogen-bond donors (Lipinski definition) is 2. The van der Waals surface area contributed by atoms with Gasteiger partial charge in [0.15, 0.2) is 11.4 Å². The number of aromatic amines is 1. The molecule has 2 heterocycles. The van der Waals surface area contributed by atoms with E-state index in [0.717, 1.165) is 32.6 Å². The van der Waals surface area contributed by atoms with Crippen LogP contribution in [0.1, 0.15) is 18.4 Å². The van der Waals surface area contributed by atoms with Crippen molar-refractivity contribution >= 4 is 16.8 Å². The molecule has 5 nitrogen and oxygen atoms in total. The van der Waals surface area contributed by atoms with Crippen molar-refractivity contribution in [2.75, 3.05) is 25.1 Å². The highest BCUT2D eigenvalue weighted by molar-refractivity contribution is 5.79. The van der Waals surface area contributed by atoms with Crippen LogP contribution < -0.4 is 11.1 Å². The summed E-state index contributed by atoms with van der Waals surface area (Å²) in [5.74, 6) is -0.660. The van der Waals surface area contributed by atoms with Crippen LogP contribution in [0.15, 0.2) is 15.3 Å². The lowest BCUT2D eigenvalue weighted by molar-refractivity contribution is 0.0595. The van der Waals surface area contributed by atoms with Crippen LogP contribution in [-0.4, -0.2) is 24.7 Å². The van der Waals surface area contributed by atoms with Gasteiger partial charge >= 0.3 is 5.76 Å². The molecule has 0 saturated carbocycles. The van der Waals surface area contributed by atoms with E-state index in [9.17, 15) is 9.18 Å². The zero-order valence-corrected chi connectivity index (χ0v) is 11.3. The minimum atomic E-state index is -0.642. The van der Waals surface area contributed by atoms with Crippen LogP contribution in [0.3, 0.4) is 0 Å². The predicted octanol–water partition coefficient (Wildman–Crippen LogP) is 2.41. The maximum Gasteiger partial charge on any atom is 0.417 e. The van der Waals surface area contributed by atoms with E-state index in [4.69, 9.17) is 9.15 Å². The van der Waals surface area contributed by atoms with E-state index in [-0.39, 0.29) is 11.1 Å². The Kier molecular flexibility index (Phi) is 3.48. The fraction of sp³-hybridized carbons (Fsp3) is 0.500. The first kappa shape index (κ1) is 13.2. The summed E-state index contributed by atoms with van der Waals surface area (Å²) in [4.78, 5) is 13.5. The average Bonchev–Trinajstić information content (AvgIpc) is 2.83. The Bertz CT molecular complexity index is 671. The standard InChI is InChI=1S/C14H17FN2O3/c1-8-10(16-6-9-3-2-4-19-7-9)5-11-13(12(8)15)17-14(18)20-11/h5,9,16H,2-4,6-7H2,1H3,(H,17,18). The summed E-state index contributed by atoms with van der Waals surface area (Å²) in [6.07, 6.45) is 2.17. The number of nitrogens with one attached hydrogen (secondary N) is 2. The monoisotopic (exact) mass is 280 g/mol. The SMILES string of the molecule is Cc1c(NCC2CCCOC2)cc2oc(=O)[nH]c2c1F. The number of anilines is 1. The Morgan fingerprint density at radius 2 is 2.40 bits per heavy atom. The van der Waals surface area contributed by atoms with Gasteiger partial charge in [-0.2, -0.15) is 0 Å². The number of ether oxygens (including phenoxy) is 1. The van der Waals surface area contributed by atoms with Gasteiger partial charge in [0.25, 0.3) is 0 Å².